The van der Waals surface area contributed by atoms with E-state index in [0.29, 0.717) is 5.75 Å². The van der Waals surface area contributed by atoms with E-state index < -0.39 is 0 Å². The molecular formula is C7H8OS2. The van der Waals surface area contributed by atoms with Crippen molar-refractivity contribution in [2.45, 2.75) is 10.6 Å². The van der Waals surface area contributed by atoms with E-state index in [9.17, 15) is 0 Å². The number of aromatic hydroxyl groups is 1. The van der Waals surface area contributed by atoms with Crippen molar-refractivity contribution >= 4 is 25.3 Å². The molecule has 0 saturated carbocycles. The molecule has 1 aromatic carbocycles. The predicted octanol–water partition coefficient (Wildman–Crippen LogP) is 2.11. The summed E-state index contributed by atoms with van der Waals surface area (Å²) in [5.41, 5.74) is 0.980. The lowest BCUT2D eigenvalue weighted by Crippen LogP contribution is -1.76. The molecule has 0 amide bonds. The Hall–Kier alpha value is -0.280. The fourth-order valence-electron chi connectivity index (χ4n) is 0.748. The van der Waals surface area contributed by atoms with Gasteiger partial charge in [-0.2, -0.15) is 12.6 Å². The van der Waals surface area contributed by atoms with E-state index in [1.165, 1.54) is 0 Å². The SMILES string of the molecule is Oc1cc(S)cc(CS)c1. The van der Waals surface area contributed by atoms with Crippen LogP contribution in [-0.2, 0) is 5.75 Å². The van der Waals surface area contributed by atoms with Gasteiger partial charge in [-0.1, -0.05) is 0 Å². The average Bonchev–Trinajstić information content (AvgIpc) is 1.85. The third-order valence-electron chi connectivity index (χ3n) is 1.14. The van der Waals surface area contributed by atoms with Crippen molar-refractivity contribution in [1.82, 2.24) is 0 Å². The van der Waals surface area contributed by atoms with Crippen molar-refractivity contribution < 1.29 is 5.11 Å². The van der Waals surface area contributed by atoms with Crippen LogP contribution < -0.4 is 0 Å². The van der Waals surface area contributed by atoms with E-state index in [1.54, 1.807) is 12.1 Å². The average molecular weight is 172 g/mol. The Balaban J connectivity index is 3.06. The lowest BCUT2D eigenvalue weighted by atomic mass is 10.2. The van der Waals surface area contributed by atoms with Crippen molar-refractivity contribution in [1.29, 1.82) is 0 Å². The first-order valence-electron chi connectivity index (χ1n) is 2.85. The number of hydrogen-bond acceptors (Lipinski definition) is 3. The van der Waals surface area contributed by atoms with Crippen molar-refractivity contribution in [3.8, 4) is 5.75 Å². The zero-order valence-electron chi connectivity index (χ0n) is 5.28. The third-order valence-corrected chi connectivity index (χ3v) is 1.77. The van der Waals surface area contributed by atoms with Gasteiger partial charge >= 0.3 is 0 Å². The maximum absolute atomic E-state index is 9.04. The van der Waals surface area contributed by atoms with Crippen molar-refractivity contribution in [3.63, 3.8) is 0 Å². The molecule has 0 aliphatic carbocycles. The summed E-state index contributed by atoms with van der Waals surface area (Å²) in [6, 6.07) is 5.14. The van der Waals surface area contributed by atoms with Crippen molar-refractivity contribution in [2.75, 3.05) is 0 Å². The molecule has 0 atom stereocenters. The fraction of sp³-hybridized carbons (Fsp3) is 0.143. The first kappa shape index (κ1) is 7.82. The van der Waals surface area contributed by atoms with Gasteiger partial charge in [-0.15, -0.1) is 12.6 Å². The van der Waals surface area contributed by atoms with Gasteiger partial charge in [0, 0.05) is 10.6 Å². The van der Waals surface area contributed by atoms with Crippen LogP contribution in [0, 0.1) is 0 Å². The van der Waals surface area contributed by atoms with Gasteiger partial charge in [-0.3, -0.25) is 0 Å². The number of benzene rings is 1. The standard InChI is InChI=1S/C7H8OS2/c8-6-1-5(4-9)2-7(10)3-6/h1-3,8-10H,4H2. The van der Waals surface area contributed by atoms with Crippen LogP contribution in [-0.4, -0.2) is 5.11 Å². The number of phenolic OH excluding ortho intramolecular Hbond substituents is 1. The lowest BCUT2D eigenvalue weighted by molar-refractivity contribution is 0.473. The quantitative estimate of drug-likeness (QED) is 0.554. The minimum absolute atomic E-state index is 0.247. The number of rotatable bonds is 1. The van der Waals surface area contributed by atoms with Crippen LogP contribution in [0.25, 0.3) is 0 Å². The molecule has 1 nitrogen and oxygen atoms in total. The molecule has 0 aliphatic heterocycles. The Morgan fingerprint density at radius 1 is 1.30 bits per heavy atom. The summed E-state index contributed by atoms with van der Waals surface area (Å²) in [6.45, 7) is 0. The summed E-state index contributed by atoms with van der Waals surface area (Å²) in [6.07, 6.45) is 0. The van der Waals surface area contributed by atoms with Crippen LogP contribution in [0.15, 0.2) is 23.1 Å². The maximum Gasteiger partial charge on any atom is 0.116 e. The molecule has 0 unspecified atom stereocenters. The highest BCUT2D eigenvalue weighted by atomic mass is 32.1. The Morgan fingerprint density at radius 2 is 2.00 bits per heavy atom. The Labute approximate surface area is 70.9 Å². The zero-order chi connectivity index (χ0) is 7.56. The predicted molar refractivity (Wildman–Crippen MR) is 48.0 cm³/mol. The molecule has 0 radical (unpaired) electrons. The lowest BCUT2D eigenvalue weighted by Gasteiger charge is -1.98. The molecule has 0 spiro atoms. The van der Waals surface area contributed by atoms with Crippen LogP contribution in [0.1, 0.15) is 5.56 Å². The summed E-state index contributed by atoms with van der Waals surface area (Å²) in [4.78, 5) is 0.768. The third kappa shape index (κ3) is 1.85. The number of thiol groups is 2. The first-order chi connectivity index (χ1) is 4.72. The molecule has 0 saturated heterocycles. The van der Waals surface area contributed by atoms with Crippen LogP contribution in [0.5, 0.6) is 5.75 Å². The Morgan fingerprint density at radius 3 is 2.50 bits per heavy atom. The summed E-state index contributed by atoms with van der Waals surface area (Å²) in [5.74, 6) is 0.874. The number of phenols is 1. The smallest absolute Gasteiger partial charge is 0.116 e. The molecule has 0 heterocycles. The second-order valence-corrected chi connectivity index (χ2v) is 2.85. The van der Waals surface area contributed by atoms with Crippen molar-refractivity contribution in [2.24, 2.45) is 0 Å². The minimum Gasteiger partial charge on any atom is -0.508 e. The van der Waals surface area contributed by atoms with Gasteiger partial charge in [0.05, 0.1) is 0 Å². The van der Waals surface area contributed by atoms with Crippen LogP contribution in [0.3, 0.4) is 0 Å². The summed E-state index contributed by atoms with van der Waals surface area (Å²) in [5, 5.41) is 9.04. The van der Waals surface area contributed by atoms with Gasteiger partial charge in [0.1, 0.15) is 5.75 Å². The molecule has 0 fully saturated rings. The summed E-state index contributed by atoms with van der Waals surface area (Å²) < 4.78 is 0. The minimum atomic E-state index is 0.247. The highest BCUT2D eigenvalue weighted by molar-refractivity contribution is 7.80. The molecule has 54 valence electrons. The monoisotopic (exact) mass is 172 g/mol. The van der Waals surface area contributed by atoms with E-state index in [0.717, 1.165) is 10.5 Å². The van der Waals surface area contributed by atoms with E-state index >= 15 is 0 Å². The molecule has 0 bridgehead atoms. The topological polar surface area (TPSA) is 20.2 Å². The van der Waals surface area contributed by atoms with E-state index in [2.05, 4.69) is 25.3 Å². The van der Waals surface area contributed by atoms with E-state index in [-0.39, 0.29) is 5.75 Å². The summed E-state index contributed by atoms with van der Waals surface area (Å²) in [7, 11) is 0. The van der Waals surface area contributed by atoms with Gasteiger partial charge < -0.3 is 5.11 Å². The highest BCUT2D eigenvalue weighted by Gasteiger charge is 1.94. The normalized spacial score (nSPS) is 9.80. The van der Waals surface area contributed by atoms with Gasteiger partial charge in [-0.05, 0) is 23.8 Å². The van der Waals surface area contributed by atoms with Gasteiger partial charge in [0.2, 0.25) is 0 Å². The summed E-state index contributed by atoms with van der Waals surface area (Å²) >= 11 is 8.14. The molecule has 0 aromatic heterocycles. The molecule has 3 heteroatoms. The molecule has 0 aliphatic rings. The van der Waals surface area contributed by atoms with Crippen LogP contribution in [0.4, 0.5) is 0 Å². The molecule has 1 N–H and O–H groups in total. The Bertz CT molecular complexity index is 215. The first-order valence-corrected chi connectivity index (χ1v) is 3.93. The van der Waals surface area contributed by atoms with E-state index in [4.69, 9.17) is 5.11 Å². The largest absolute Gasteiger partial charge is 0.508 e. The molecule has 10 heavy (non-hydrogen) atoms. The van der Waals surface area contributed by atoms with Gasteiger partial charge in [0.15, 0.2) is 0 Å². The van der Waals surface area contributed by atoms with Gasteiger partial charge in [-0.25, -0.2) is 0 Å². The van der Waals surface area contributed by atoms with Crippen LogP contribution >= 0.6 is 25.3 Å². The second-order valence-electron chi connectivity index (χ2n) is 2.02. The fourth-order valence-corrected chi connectivity index (χ4v) is 1.23. The molecule has 1 rings (SSSR count). The highest BCUT2D eigenvalue weighted by Crippen LogP contribution is 2.18. The zero-order valence-corrected chi connectivity index (χ0v) is 7.07. The Kier molecular flexibility index (Phi) is 2.51. The van der Waals surface area contributed by atoms with Gasteiger partial charge in [0.25, 0.3) is 0 Å². The molecule has 1 aromatic rings. The van der Waals surface area contributed by atoms with Crippen LogP contribution in [0.2, 0.25) is 0 Å². The maximum atomic E-state index is 9.04. The molecular weight excluding hydrogens is 164 g/mol. The number of hydrogen-bond donors (Lipinski definition) is 3. The van der Waals surface area contributed by atoms with Crippen molar-refractivity contribution in [3.05, 3.63) is 23.8 Å². The second kappa shape index (κ2) is 3.21. The van der Waals surface area contributed by atoms with E-state index in [1.807, 2.05) is 6.07 Å².